The van der Waals surface area contributed by atoms with Gasteiger partial charge in [0.1, 0.15) is 0 Å². The Bertz CT molecular complexity index is 107. The van der Waals surface area contributed by atoms with Crippen LogP contribution in [-0.2, 0) is 4.74 Å². The van der Waals surface area contributed by atoms with E-state index in [1.165, 1.54) is 6.42 Å². The highest BCUT2D eigenvalue weighted by atomic mass is 16.5. The minimum Gasteiger partial charge on any atom is -0.501 e. The minimum absolute atomic E-state index is 0.894. The Morgan fingerprint density at radius 3 is 3.14 bits per heavy atom. The fourth-order valence-corrected chi connectivity index (χ4v) is 1.03. The van der Waals surface area contributed by atoms with E-state index in [4.69, 9.17) is 4.74 Å². The van der Waals surface area contributed by atoms with Crippen LogP contribution in [0.3, 0.4) is 0 Å². The Hall–Kier alpha value is -0.460. The predicted molar refractivity (Wildman–Crippen MR) is 26.7 cm³/mol. The van der Waals surface area contributed by atoms with Crippen molar-refractivity contribution < 1.29 is 4.74 Å². The quantitative estimate of drug-likeness (QED) is 0.440. The first kappa shape index (κ1) is 3.53. The Kier molecular flexibility index (Phi) is 0.518. The largest absolute Gasteiger partial charge is 0.501 e. The van der Waals surface area contributed by atoms with Gasteiger partial charge in [-0.3, -0.25) is 0 Å². The molecule has 1 saturated carbocycles. The summed E-state index contributed by atoms with van der Waals surface area (Å²) in [7, 11) is 0. The molecule has 0 amide bonds. The van der Waals surface area contributed by atoms with Gasteiger partial charge in [0.15, 0.2) is 0 Å². The van der Waals surface area contributed by atoms with Crippen molar-refractivity contribution in [1.82, 2.24) is 0 Å². The molecule has 0 bridgehead atoms. The monoisotopic (exact) mass is 96.1 g/mol. The summed E-state index contributed by atoms with van der Waals surface area (Å²) in [6, 6.07) is 0. The summed E-state index contributed by atoms with van der Waals surface area (Å²) in [6.07, 6.45) is 5.36. The van der Waals surface area contributed by atoms with Crippen molar-refractivity contribution >= 4 is 0 Å². The first-order valence-electron chi connectivity index (χ1n) is 2.75. The van der Waals surface area contributed by atoms with Crippen LogP contribution in [0, 0.1) is 11.8 Å². The average molecular weight is 96.1 g/mol. The van der Waals surface area contributed by atoms with Gasteiger partial charge in [-0.15, -0.1) is 0 Å². The molecule has 2 rings (SSSR count). The Morgan fingerprint density at radius 2 is 2.57 bits per heavy atom. The van der Waals surface area contributed by atoms with E-state index in [1.807, 2.05) is 6.26 Å². The summed E-state index contributed by atoms with van der Waals surface area (Å²) in [5.41, 5.74) is 0. The highest BCUT2D eigenvalue weighted by molar-refractivity contribution is 5.02. The lowest BCUT2D eigenvalue weighted by Gasteiger charge is -2.01. The number of fused-ring (bicyclic) bond motifs is 1. The molecule has 1 aliphatic carbocycles. The van der Waals surface area contributed by atoms with Crippen molar-refractivity contribution in [2.75, 3.05) is 6.61 Å². The summed E-state index contributed by atoms with van der Waals surface area (Å²) >= 11 is 0. The molecule has 7 heavy (non-hydrogen) atoms. The normalized spacial score (nSPS) is 44.6. The second-order valence-corrected chi connectivity index (χ2v) is 2.32. The van der Waals surface area contributed by atoms with E-state index >= 15 is 0 Å². The molecule has 2 aliphatic rings. The van der Waals surface area contributed by atoms with Crippen molar-refractivity contribution in [3.05, 3.63) is 12.3 Å². The third kappa shape index (κ3) is 0.441. The maximum absolute atomic E-state index is 5.04. The highest BCUT2D eigenvalue weighted by Crippen LogP contribution is 2.41. The Balaban J connectivity index is 2.14. The van der Waals surface area contributed by atoms with Crippen LogP contribution < -0.4 is 0 Å². The molecule has 0 N–H and O–H groups in total. The number of hydrogen-bond donors (Lipinski definition) is 0. The summed E-state index contributed by atoms with van der Waals surface area (Å²) in [4.78, 5) is 0. The third-order valence-corrected chi connectivity index (χ3v) is 1.71. The molecule has 2 unspecified atom stereocenters. The van der Waals surface area contributed by atoms with Gasteiger partial charge in [0.05, 0.1) is 12.9 Å². The highest BCUT2D eigenvalue weighted by Gasteiger charge is 2.36. The summed E-state index contributed by atoms with van der Waals surface area (Å²) in [5.74, 6) is 1.79. The summed E-state index contributed by atoms with van der Waals surface area (Å²) in [6.45, 7) is 0.973. The van der Waals surface area contributed by atoms with Crippen molar-refractivity contribution in [1.29, 1.82) is 0 Å². The zero-order valence-corrected chi connectivity index (χ0v) is 4.13. The van der Waals surface area contributed by atoms with E-state index in [-0.39, 0.29) is 0 Å². The molecule has 1 fully saturated rings. The van der Waals surface area contributed by atoms with Crippen molar-refractivity contribution in [2.45, 2.75) is 6.42 Å². The standard InChI is InChI=1S/C6H8O/c1-2-7-4-6-3-5(1)6/h1-2,5-6H,3-4H2. The van der Waals surface area contributed by atoms with Crippen LogP contribution in [0.5, 0.6) is 0 Å². The maximum atomic E-state index is 5.04. The van der Waals surface area contributed by atoms with Crippen molar-refractivity contribution in [3.63, 3.8) is 0 Å². The first-order valence-corrected chi connectivity index (χ1v) is 2.75. The molecule has 1 heterocycles. The first-order chi connectivity index (χ1) is 3.47. The van der Waals surface area contributed by atoms with Crippen LogP contribution in [0.4, 0.5) is 0 Å². The van der Waals surface area contributed by atoms with Gasteiger partial charge in [0, 0.05) is 0 Å². The van der Waals surface area contributed by atoms with E-state index in [9.17, 15) is 0 Å². The lowest BCUT2D eigenvalue weighted by Crippen LogP contribution is -1.95. The fraction of sp³-hybridized carbons (Fsp3) is 0.667. The van der Waals surface area contributed by atoms with E-state index in [1.54, 1.807) is 0 Å². The van der Waals surface area contributed by atoms with E-state index in [0.29, 0.717) is 0 Å². The molecule has 38 valence electrons. The minimum atomic E-state index is 0.894. The van der Waals surface area contributed by atoms with Crippen LogP contribution >= 0.6 is 0 Å². The Labute approximate surface area is 43.0 Å². The van der Waals surface area contributed by atoms with Gasteiger partial charge < -0.3 is 4.74 Å². The molecule has 0 saturated heterocycles. The number of ether oxygens (including phenoxy) is 1. The predicted octanol–water partition coefficient (Wildman–Crippen LogP) is 1.17. The van der Waals surface area contributed by atoms with Gasteiger partial charge >= 0.3 is 0 Å². The molecular formula is C6H8O. The molecule has 2 atom stereocenters. The molecule has 1 aliphatic heterocycles. The molecule has 0 radical (unpaired) electrons. The summed E-state index contributed by atoms with van der Waals surface area (Å²) in [5, 5.41) is 0. The average Bonchev–Trinajstić information content (AvgIpc) is 2.41. The summed E-state index contributed by atoms with van der Waals surface area (Å²) < 4.78 is 5.04. The van der Waals surface area contributed by atoms with Gasteiger partial charge in [0.2, 0.25) is 0 Å². The smallest absolute Gasteiger partial charge is 0.0907 e. The van der Waals surface area contributed by atoms with Crippen molar-refractivity contribution in [2.24, 2.45) is 11.8 Å². The molecular weight excluding hydrogens is 88.1 g/mol. The van der Waals surface area contributed by atoms with Gasteiger partial charge in [-0.25, -0.2) is 0 Å². The molecule has 0 spiro atoms. The van der Waals surface area contributed by atoms with Crippen LogP contribution in [-0.4, -0.2) is 6.61 Å². The second-order valence-electron chi connectivity index (χ2n) is 2.32. The lowest BCUT2D eigenvalue weighted by atomic mass is 10.3. The van der Waals surface area contributed by atoms with E-state index in [2.05, 4.69) is 6.08 Å². The fourth-order valence-electron chi connectivity index (χ4n) is 1.03. The Morgan fingerprint density at radius 1 is 1.57 bits per heavy atom. The van der Waals surface area contributed by atoms with E-state index in [0.717, 1.165) is 18.4 Å². The number of rotatable bonds is 0. The van der Waals surface area contributed by atoms with Crippen LogP contribution in [0.1, 0.15) is 6.42 Å². The maximum Gasteiger partial charge on any atom is 0.0907 e. The van der Waals surface area contributed by atoms with Crippen LogP contribution in [0.15, 0.2) is 12.3 Å². The van der Waals surface area contributed by atoms with Crippen LogP contribution in [0.2, 0.25) is 0 Å². The van der Waals surface area contributed by atoms with Gasteiger partial charge in [-0.05, 0) is 24.3 Å². The zero-order valence-electron chi connectivity index (χ0n) is 4.13. The molecule has 0 aromatic rings. The zero-order chi connectivity index (χ0) is 4.69. The molecule has 0 aromatic heterocycles. The SMILES string of the molecule is C1=CC2CC2CO1. The third-order valence-electron chi connectivity index (χ3n) is 1.71. The van der Waals surface area contributed by atoms with E-state index < -0.39 is 0 Å². The van der Waals surface area contributed by atoms with Gasteiger partial charge in [0.25, 0.3) is 0 Å². The van der Waals surface area contributed by atoms with Crippen LogP contribution in [0.25, 0.3) is 0 Å². The van der Waals surface area contributed by atoms with Gasteiger partial charge in [-0.2, -0.15) is 0 Å². The second kappa shape index (κ2) is 1.03. The van der Waals surface area contributed by atoms with Crippen molar-refractivity contribution in [3.8, 4) is 0 Å². The topological polar surface area (TPSA) is 9.23 Å². The molecule has 1 heteroatoms. The molecule has 0 aromatic carbocycles. The number of hydrogen-bond acceptors (Lipinski definition) is 1. The van der Waals surface area contributed by atoms with Gasteiger partial charge in [-0.1, -0.05) is 0 Å². The lowest BCUT2D eigenvalue weighted by molar-refractivity contribution is 0.218. The number of allylic oxidation sites excluding steroid dienone is 1. The molecule has 1 nitrogen and oxygen atoms in total.